The van der Waals surface area contributed by atoms with E-state index in [-0.39, 0.29) is 18.2 Å². The summed E-state index contributed by atoms with van der Waals surface area (Å²) in [4.78, 5) is 10.6. The molecular weight excluding hydrogens is 182 g/mol. The summed E-state index contributed by atoms with van der Waals surface area (Å²) >= 11 is 0. The highest BCUT2D eigenvalue weighted by Crippen LogP contribution is 2.10. The summed E-state index contributed by atoms with van der Waals surface area (Å²) in [5.41, 5.74) is 5.73. The first-order valence-electron chi connectivity index (χ1n) is 4.98. The van der Waals surface area contributed by atoms with E-state index < -0.39 is 11.9 Å². The maximum atomic E-state index is 10.6. The summed E-state index contributed by atoms with van der Waals surface area (Å²) in [5.74, 6) is -1.37. The van der Waals surface area contributed by atoms with Gasteiger partial charge in [0.05, 0.1) is 18.1 Å². The van der Waals surface area contributed by atoms with Gasteiger partial charge in [0.25, 0.3) is 0 Å². The minimum Gasteiger partial charge on any atom is -0.481 e. The molecule has 0 aromatic heterocycles. The Morgan fingerprint density at radius 2 is 1.86 bits per heavy atom. The topological polar surface area (TPSA) is 72.5 Å². The Labute approximate surface area is 85.4 Å². The molecular formula is C10H21NO3. The number of hydrogen-bond donors (Lipinski definition) is 2. The fraction of sp³-hybridized carbons (Fsp3) is 0.900. The average molecular weight is 203 g/mol. The van der Waals surface area contributed by atoms with Gasteiger partial charge in [-0.05, 0) is 27.2 Å². The molecule has 0 bridgehead atoms. The lowest BCUT2D eigenvalue weighted by molar-refractivity contribution is -0.142. The summed E-state index contributed by atoms with van der Waals surface area (Å²) in [6.07, 6.45) is 0.732. The number of rotatable bonds is 6. The van der Waals surface area contributed by atoms with Gasteiger partial charge in [0.2, 0.25) is 0 Å². The first-order valence-corrected chi connectivity index (χ1v) is 4.98. The molecule has 0 amide bonds. The van der Waals surface area contributed by atoms with Gasteiger partial charge in [-0.25, -0.2) is 0 Å². The molecule has 0 saturated carbocycles. The van der Waals surface area contributed by atoms with Crippen molar-refractivity contribution in [3.63, 3.8) is 0 Å². The second kappa shape index (κ2) is 5.98. The van der Waals surface area contributed by atoms with E-state index in [1.165, 1.54) is 0 Å². The molecule has 0 aliphatic rings. The molecule has 84 valence electrons. The smallest absolute Gasteiger partial charge is 0.307 e. The van der Waals surface area contributed by atoms with Crippen LogP contribution < -0.4 is 5.73 Å². The molecule has 0 rings (SSSR count). The van der Waals surface area contributed by atoms with Gasteiger partial charge >= 0.3 is 5.97 Å². The molecule has 4 nitrogen and oxygen atoms in total. The lowest BCUT2D eigenvalue weighted by Crippen LogP contribution is -2.37. The van der Waals surface area contributed by atoms with Crippen molar-refractivity contribution >= 4 is 5.97 Å². The molecule has 4 heteroatoms. The molecule has 0 fully saturated rings. The molecule has 0 aliphatic heterocycles. The molecule has 3 atom stereocenters. The first-order chi connectivity index (χ1) is 6.34. The Hall–Kier alpha value is -0.610. The zero-order valence-corrected chi connectivity index (χ0v) is 9.36. The number of ether oxygens (including phenoxy) is 1. The largest absolute Gasteiger partial charge is 0.481 e. The van der Waals surface area contributed by atoms with Gasteiger partial charge < -0.3 is 15.6 Å². The normalized spacial score (nSPS) is 17.9. The van der Waals surface area contributed by atoms with Crippen molar-refractivity contribution in [2.24, 2.45) is 11.7 Å². The van der Waals surface area contributed by atoms with Gasteiger partial charge in [-0.1, -0.05) is 6.92 Å². The van der Waals surface area contributed by atoms with Gasteiger partial charge in [0.1, 0.15) is 0 Å². The second-order valence-corrected chi connectivity index (χ2v) is 4.02. The molecule has 0 aliphatic carbocycles. The van der Waals surface area contributed by atoms with Crippen LogP contribution in [0.1, 0.15) is 34.1 Å². The van der Waals surface area contributed by atoms with Crippen molar-refractivity contribution in [3.05, 3.63) is 0 Å². The van der Waals surface area contributed by atoms with Gasteiger partial charge in [-0.3, -0.25) is 4.79 Å². The Kier molecular flexibility index (Phi) is 5.72. The SMILES string of the molecule is CC(C)O[C@@H](C)C[C@H](N)C(C)C(=O)O. The van der Waals surface area contributed by atoms with E-state index in [1.807, 2.05) is 20.8 Å². The van der Waals surface area contributed by atoms with Gasteiger partial charge in [0.15, 0.2) is 0 Å². The van der Waals surface area contributed by atoms with E-state index in [0.29, 0.717) is 6.42 Å². The second-order valence-electron chi connectivity index (χ2n) is 4.02. The third-order valence-electron chi connectivity index (χ3n) is 2.14. The fourth-order valence-electron chi connectivity index (χ4n) is 1.29. The maximum Gasteiger partial charge on any atom is 0.307 e. The number of hydrogen-bond acceptors (Lipinski definition) is 3. The lowest BCUT2D eigenvalue weighted by atomic mass is 9.98. The van der Waals surface area contributed by atoms with Crippen molar-refractivity contribution in [3.8, 4) is 0 Å². The third kappa shape index (κ3) is 5.19. The quantitative estimate of drug-likeness (QED) is 0.681. The molecule has 0 aromatic carbocycles. The predicted molar refractivity (Wildman–Crippen MR) is 55.1 cm³/mol. The average Bonchev–Trinajstić information content (AvgIpc) is 2.00. The van der Waals surface area contributed by atoms with E-state index in [4.69, 9.17) is 15.6 Å². The zero-order valence-electron chi connectivity index (χ0n) is 9.36. The van der Waals surface area contributed by atoms with Crippen LogP contribution in [0.15, 0.2) is 0 Å². The van der Waals surface area contributed by atoms with Crippen molar-refractivity contribution in [1.82, 2.24) is 0 Å². The van der Waals surface area contributed by atoms with E-state index >= 15 is 0 Å². The van der Waals surface area contributed by atoms with Crippen LogP contribution in [0.3, 0.4) is 0 Å². The minimum absolute atomic E-state index is 0.00630. The lowest BCUT2D eigenvalue weighted by Gasteiger charge is -2.22. The minimum atomic E-state index is -0.853. The molecule has 0 aromatic rings. The number of aliphatic carboxylic acids is 1. The number of carboxylic acids is 1. The molecule has 0 saturated heterocycles. The number of carbonyl (C=O) groups is 1. The Morgan fingerprint density at radius 3 is 2.21 bits per heavy atom. The highest BCUT2D eigenvalue weighted by atomic mass is 16.5. The molecule has 3 N–H and O–H groups in total. The Bertz CT molecular complexity index is 182. The Balaban J connectivity index is 3.92. The van der Waals surface area contributed by atoms with Crippen LogP contribution >= 0.6 is 0 Å². The third-order valence-corrected chi connectivity index (χ3v) is 2.14. The molecule has 14 heavy (non-hydrogen) atoms. The fourth-order valence-corrected chi connectivity index (χ4v) is 1.29. The van der Waals surface area contributed by atoms with Crippen LogP contribution in [0, 0.1) is 5.92 Å². The molecule has 1 unspecified atom stereocenters. The van der Waals surface area contributed by atoms with Crippen LogP contribution in [-0.2, 0) is 9.53 Å². The zero-order chi connectivity index (χ0) is 11.3. The van der Waals surface area contributed by atoms with Crippen LogP contribution in [0.5, 0.6) is 0 Å². The van der Waals surface area contributed by atoms with Crippen LogP contribution in [0.2, 0.25) is 0 Å². The first kappa shape index (κ1) is 13.4. The van der Waals surface area contributed by atoms with Gasteiger partial charge in [-0.2, -0.15) is 0 Å². The van der Waals surface area contributed by atoms with Crippen molar-refractivity contribution in [1.29, 1.82) is 0 Å². The van der Waals surface area contributed by atoms with E-state index in [9.17, 15) is 4.79 Å². The van der Waals surface area contributed by atoms with Crippen molar-refractivity contribution in [2.45, 2.75) is 52.4 Å². The van der Waals surface area contributed by atoms with Crippen LogP contribution in [-0.4, -0.2) is 29.3 Å². The maximum absolute atomic E-state index is 10.6. The van der Waals surface area contributed by atoms with E-state index in [0.717, 1.165) is 0 Å². The van der Waals surface area contributed by atoms with Gasteiger partial charge in [-0.15, -0.1) is 0 Å². The predicted octanol–water partition coefficient (Wildman–Crippen LogP) is 1.24. The molecule has 0 spiro atoms. The van der Waals surface area contributed by atoms with Crippen molar-refractivity contribution in [2.75, 3.05) is 0 Å². The highest BCUT2D eigenvalue weighted by molar-refractivity contribution is 5.70. The van der Waals surface area contributed by atoms with E-state index in [2.05, 4.69) is 0 Å². The van der Waals surface area contributed by atoms with Crippen LogP contribution in [0.4, 0.5) is 0 Å². The summed E-state index contributed by atoms with van der Waals surface area (Å²) in [6.45, 7) is 7.43. The molecule has 0 heterocycles. The number of nitrogens with two attached hydrogens (primary N) is 1. The standard InChI is InChI=1S/C10H21NO3/c1-6(2)14-7(3)5-9(11)8(4)10(12)13/h6-9H,5,11H2,1-4H3,(H,12,13)/t7-,8?,9-/m0/s1. The van der Waals surface area contributed by atoms with Crippen LogP contribution in [0.25, 0.3) is 0 Å². The summed E-state index contributed by atoms with van der Waals surface area (Å²) < 4.78 is 5.48. The van der Waals surface area contributed by atoms with E-state index in [1.54, 1.807) is 6.92 Å². The van der Waals surface area contributed by atoms with Gasteiger partial charge in [0, 0.05) is 6.04 Å². The van der Waals surface area contributed by atoms with Crippen molar-refractivity contribution < 1.29 is 14.6 Å². The summed E-state index contributed by atoms with van der Waals surface area (Å²) in [6, 6.07) is -0.346. The number of carboxylic acid groups (broad SMARTS) is 1. The highest BCUT2D eigenvalue weighted by Gasteiger charge is 2.22. The Morgan fingerprint density at radius 1 is 1.36 bits per heavy atom. The monoisotopic (exact) mass is 203 g/mol. The summed E-state index contributed by atoms with van der Waals surface area (Å²) in [5, 5.41) is 8.73. The molecule has 0 radical (unpaired) electrons. The summed E-state index contributed by atoms with van der Waals surface area (Å²) in [7, 11) is 0.